The van der Waals surface area contributed by atoms with E-state index in [1.54, 1.807) is 36.8 Å². The number of anilines is 1. The largest absolute Gasteiger partial charge is 0.324 e. The molecule has 2 N–H and O–H groups in total. The first kappa shape index (κ1) is 21.4. The quantitative estimate of drug-likeness (QED) is 0.544. The zero-order valence-corrected chi connectivity index (χ0v) is 18.3. The molecule has 1 unspecified atom stereocenters. The van der Waals surface area contributed by atoms with Crippen LogP contribution in [-0.2, 0) is 27.5 Å². The zero-order chi connectivity index (χ0) is 23.8. The Balaban J connectivity index is 1.29. The van der Waals surface area contributed by atoms with Crippen LogP contribution in [-0.4, -0.2) is 54.5 Å². The fourth-order valence-corrected chi connectivity index (χ4v) is 4.24. The minimum absolute atomic E-state index is 0.0687. The van der Waals surface area contributed by atoms with Crippen LogP contribution in [0.15, 0.2) is 42.9 Å². The Hall–Kier alpha value is -4.41. The van der Waals surface area contributed by atoms with Gasteiger partial charge in [-0.1, -0.05) is 11.3 Å². The van der Waals surface area contributed by atoms with E-state index < -0.39 is 11.9 Å². The highest BCUT2D eigenvalue weighted by Gasteiger charge is 2.39. The number of nitrogens with one attached hydrogen (secondary N) is 2. The van der Waals surface area contributed by atoms with Gasteiger partial charge in [0, 0.05) is 47.7 Å². The number of hydrogen-bond donors (Lipinski definition) is 2. The van der Waals surface area contributed by atoms with Gasteiger partial charge in [-0.15, -0.1) is 5.10 Å². The van der Waals surface area contributed by atoms with Crippen molar-refractivity contribution in [3.05, 3.63) is 59.5 Å². The molecule has 5 rings (SSSR count). The van der Waals surface area contributed by atoms with Gasteiger partial charge in [0.2, 0.25) is 17.7 Å². The number of hydrogen-bond acceptors (Lipinski definition) is 7. The fourth-order valence-electron chi connectivity index (χ4n) is 4.24. The van der Waals surface area contributed by atoms with Crippen molar-refractivity contribution >= 4 is 29.3 Å². The first-order valence-electron chi connectivity index (χ1n) is 10.8. The van der Waals surface area contributed by atoms with Crippen molar-refractivity contribution < 1.29 is 19.2 Å². The van der Waals surface area contributed by atoms with E-state index in [0.717, 1.165) is 11.1 Å². The number of imide groups is 1. The monoisotopic (exact) mass is 459 g/mol. The van der Waals surface area contributed by atoms with Crippen molar-refractivity contribution in [1.29, 1.82) is 0 Å². The van der Waals surface area contributed by atoms with Gasteiger partial charge < -0.3 is 10.2 Å². The number of pyridine rings is 1. The second kappa shape index (κ2) is 8.50. The molecule has 0 aliphatic carbocycles. The van der Waals surface area contributed by atoms with Crippen molar-refractivity contribution in [2.75, 3.05) is 5.32 Å². The number of amides is 4. The van der Waals surface area contributed by atoms with Gasteiger partial charge >= 0.3 is 0 Å². The summed E-state index contributed by atoms with van der Waals surface area (Å²) in [6, 6.07) is 6.27. The highest BCUT2D eigenvalue weighted by Crippen LogP contribution is 2.32. The lowest BCUT2D eigenvalue weighted by Crippen LogP contribution is -2.52. The van der Waals surface area contributed by atoms with E-state index >= 15 is 0 Å². The number of nitrogens with zero attached hydrogens (tertiary/aromatic N) is 5. The molecular formula is C23H21N7O4. The van der Waals surface area contributed by atoms with E-state index in [1.165, 1.54) is 9.58 Å². The molecule has 0 radical (unpaired) electrons. The number of fused-ring (bicyclic) bond motifs is 1. The summed E-state index contributed by atoms with van der Waals surface area (Å²) in [4.78, 5) is 55.0. The molecule has 3 aromatic rings. The van der Waals surface area contributed by atoms with E-state index in [4.69, 9.17) is 0 Å². The Morgan fingerprint density at radius 2 is 2.09 bits per heavy atom. The first-order chi connectivity index (χ1) is 16.4. The molecule has 1 fully saturated rings. The fraction of sp³-hybridized carbons (Fsp3) is 0.261. The third kappa shape index (κ3) is 4.03. The van der Waals surface area contributed by atoms with Gasteiger partial charge in [0.05, 0.1) is 6.20 Å². The number of aromatic nitrogens is 4. The van der Waals surface area contributed by atoms with Crippen LogP contribution in [0.5, 0.6) is 0 Å². The summed E-state index contributed by atoms with van der Waals surface area (Å²) in [5, 5.41) is 13.3. The van der Waals surface area contributed by atoms with Crippen LogP contribution in [0.3, 0.4) is 0 Å². The van der Waals surface area contributed by atoms with Gasteiger partial charge in [0.1, 0.15) is 18.3 Å². The topological polar surface area (TPSA) is 139 Å². The standard InChI is InChI=1S/C23H21N7O4/c1-13-7-14(9-24-8-13)18-11-29(28-27-18)12-21(32)25-17-4-2-3-15-16(17)10-30(23(15)34)19-5-6-20(31)26-22(19)33/h2-4,7-9,11,19H,5-6,10,12H2,1H3,(H,25,32)(H,26,31,33). The zero-order valence-electron chi connectivity index (χ0n) is 18.3. The number of carbonyl (C=O) groups excluding carboxylic acids is 4. The summed E-state index contributed by atoms with van der Waals surface area (Å²) in [7, 11) is 0. The molecule has 1 aromatic carbocycles. The smallest absolute Gasteiger partial charge is 0.255 e. The molecule has 4 heterocycles. The number of rotatable bonds is 5. The summed E-state index contributed by atoms with van der Waals surface area (Å²) in [5.74, 6) is -1.45. The SMILES string of the molecule is Cc1cncc(-c2cn(CC(=O)Nc3cccc4c3CN(C3CCC(=O)NC3=O)C4=O)nn2)c1. The third-order valence-corrected chi connectivity index (χ3v) is 5.87. The van der Waals surface area contributed by atoms with E-state index in [2.05, 4.69) is 25.9 Å². The second-order valence-corrected chi connectivity index (χ2v) is 8.33. The van der Waals surface area contributed by atoms with Crippen molar-refractivity contribution in [2.45, 2.75) is 38.9 Å². The summed E-state index contributed by atoms with van der Waals surface area (Å²) < 4.78 is 1.43. The molecular weight excluding hydrogens is 438 g/mol. The van der Waals surface area contributed by atoms with Crippen molar-refractivity contribution in [1.82, 2.24) is 30.2 Å². The van der Waals surface area contributed by atoms with E-state index in [9.17, 15) is 19.2 Å². The Morgan fingerprint density at radius 3 is 2.88 bits per heavy atom. The number of benzene rings is 1. The minimum atomic E-state index is -0.717. The Kier molecular flexibility index (Phi) is 5.36. The van der Waals surface area contributed by atoms with Crippen LogP contribution in [0.2, 0.25) is 0 Å². The molecule has 11 nitrogen and oxygen atoms in total. The minimum Gasteiger partial charge on any atom is -0.324 e. The van der Waals surface area contributed by atoms with Crippen molar-refractivity contribution in [2.24, 2.45) is 0 Å². The molecule has 172 valence electrons. The van der Waals surface area contributed by atoms with E-state index in [0.29, 0.717) is 22.5 Å². The molecule has 2 aromatic heterocycles. The maximum atomic E-state index is 12.9. The molecule has 0 bridgehead atoms. The maximum absolute atomic E-state index is 12.9. The van der Waals surface area contributed by atoms with Gasteiger partial charge in [0.25, 0.3) is 5.91 Å². The predicted octanol–water partition coefficient (Wildman–Crippen LogP) is 1.05. The molecule has 2 aliphatic rings. The summed E-state index contributed by atoms with van der Waals surface area (Å²) in [5.41, 5.74) is 3.96. The molecule has 1 saturated heterocycles. The van der Waals surface area contributed by atoms with Gasteiger partial charge in [0.15, 0.2) is 0 Å². The average Bonchev–Trinajstić information content (AvgIpc) is 3.39. The van der Waals surface area contributed by atoms with E-state index in [-0.39, 0.29) is 43.7 Å². The first-order valence-corrected chi connectivity index (χ1v) is 10.8. The van der Waals surface area contributed by atoms with Crippen LogP contribution in [0.25, 0.3) is 11.3 Å². The van der Waals surface area contributed by atoms with Crippen LogP contribution < -0.4 is 10.6 Å². The van der Waals surface area contributed by atoms with Gasteiger partial charge in [-0.05, 0) is 37.1 Å². The molecule has 11 heteroatoms. The lowest BCUT2D eigenvalue weighted by molar-refractivity contribution is -0.137. The van der Waals surface area contributed by atoms with Crippen LogP contribution in [0.4, 0.5) is 5.69 Å². The van der Waals surface area contributed by atoms with Crippen LogP contribution in [0.1, 0.15) is 34.3 Å². The Morgan fingerprint density at radius 1 is 1.24 bits per heavy atom. The lowest BCUT2D eigenvalue weighted by atomic mass is 10.0. The summed E-state index contributed by atoms with van der Waals surface area (Å²) >= 11 is 0. The maximum Gasteiger partial charge on any atom is 0.255 e. The second-order valence-electron chi connectivity index (χ2n) is 8.33. The highest BCUT2D eigenvalue weighted by atomic mass is 16.2. The Labute approximate surface area is 194 Å². The number of piperidine rings is 1. The van der Waals surface area contributed by atoms with Crippen LogP contribution >= 0.6 is 0 Å². The van der Waals surface area contributed by atoms with E-state index in [1.807, 2.05) is 13.0 Å². The molecule has 4 amide bonds. The summed E-state index contributed by atoms with van der Waals surface area (Å²) in [6.45, 7) is 2.03. The Bertz CT molecular complexity index is 1330. The van der Waals surface area contributed by atoms with Crippen LogP contribution in [0, 0.1) is 6.92 Å². The predicted molar refractivity (Wildman–Crippen MR) is 119 cm³/mol. The van der Waals surface area contributed by atoms with Crippen molar-refractivity contribution in [3.8, 4) is 11.3 Å². The molecule has 34 heavy (non-hydrogen) atoms. The summed E-state index contributed by atoms with van der Waals surface area (Å²) in [6.07, 6.45) is 5.54. The average molecular weight is 459 g/mol. The molecule has 0 saturated carbocycles. The highest BCUT2D eigenvalue weighted by molar-refractivity contribution is 6.06. The lowest BCUT2D eigenvalue weighted by Gasteiger charge is -2.29. The van der Waals surface area contributed by atoms with Gasteiger partial charge in [-0.2, -0.15) is 0 Å². The van der Waals surface area contributed by atoms with Gasteiger partial charge in [-0.3, -0.25) is 29.5 Å². The van der Waals surface area contributed by atoms with Crippen molar-refractivity contribution in [3.63, 3.8) is 0 Å². The molecule has 2 aliphatic heterocycles. The third-order valence-electron chi connectivity index (χ3n) is 5.87. The number of carbonyl (C=O) groups is 4. The van der Waals surface area contributed by atoms with Gasteiger partial charge in [-0.25, -0.2) is 4.68 Å². The normalized spacial score (nSPS) is 17.5. The number of aryl methyl sites for hydroxylation is 1. The molecule has 0 spiro atoms. The molecule has 1 atom stereocenters.